The van der Waals surface area contributed by atoms with Crippen molar-refractivity contribution in [2.75, 3.05) is 0 Å². The van der Waals surface area contributed by atoms with Crippen molar-refractivity contribution in [2.45, 2.75) is 19.4 Å². The van der Waals surface area contributed by atoms with Crippen LogP contribution in [-0.4, -0.2) is 5.11 Å². The summed E-state index contributed by atoms with van der Waals surface area (Å²) in [5.41, 5.74) is 1.41. The van der Waals surface area contributed by atoms with Gasteiger partial charge in [-0.1, -0.05) is 39.7 Å². The Balaban J connectivity index is 2.25. The number of aryl methyl sites for hydroxylation is 1. The van der Waals surface area contributed by atoms with Gasteiger partial charge in [0.1, 0.15) is 11.6 Å². The predicted octanol–water partition coefficient (Wildman–Crippen LogP) is 4.31. The molecule has 0 amide bonds. The average molecular weight is 327 g/mol. The van der Waals surface area contributed by atoms with Gasteiger partial charge in [-0.05, 0) is 30.7 Å². The SMILES string of the molecule is Cc1ccc(F)c(C(O)Cc2ccc(Br)cc2F)c1. The third-order valence-corrected chi connectivity index (χ3v) is 3.43. The summed E-state index contributed by atoms with van der Waals surface area (Å²) >= 11 is 3.17. The molecule has 0 fully saturated rings. The third-order valence-electron chi connectivity index (χ3n) is 2.94. The molecule has 1 N–H and O–H groups in total. The van der Waals surface area contributed by atoms with E-state index in [1.54, 1.807) is 24.3 Å². The number of aliphatic hydroxyl groups excluding tert-OH is 1. The minimum Gasteiger partial charge on any atom is -0.388 e. The predicted molar refractivity (Wildman–Crippen MR) is 73.9 cm³/mol. The molecule has 0 radical (unpaired) electrons. The van der Waals surface area contributed by atoms with Crippen molar-refractivity contribution in [2.24, 2.45) is 0 Å². The molecule has 1 atom stereocenters. The van der Waals surface area contributed by atoms with Gasteiger partial charge in [-0.2, -0.15) is 0 Å². The second-order valence-electron chi connectivity index (χ2n) is 4.48. The van der Waals surface area contributed by atoms with Crippen molar-refractivity contribution in [1.29, 1.82) is 0 Å². The van der Waals surface area contributed by atoms with E-state index in [1.165, 1.54) is 12.1 Å². The molecule has 19 heavy (non-hydrogen) atoms. The highest BCUT2D eigenvalue weighted by Crippen LogP contribution is 2.24. The Bertz CT molecular complexity index is 599. The van der Waals surface area contributed by atoms with Crippen LogP contribution in [0.1, 0.15) is 22.8 Å². The maximum Gasteiger partial charge on any atom is 0.129 e. The van der Waals surface area contributed by atoms with Gasteiger partial charge in [0, 0.05) is 16.5 Å². The molecule has 0 bridgehead atoms. The molecule has 0 heterocycles. The molecule has 2 rings (SSSR count). The molecule has 0 saturated heterocycles. The van der Waals surface area contributed by atoms with Crippen LogP contribution in [0.2, 0.25) is 0 Å². The zero-order valence-corrected chi connectivity index (χ0v) is 11.9. The molecule has 0 aromatic heterocycles. The lowest BCUT2D eigenvalue weighted by atomic mass is 9.99. The fourth-order valence-electron chi connectivity index (χ4n) is 1.92. The van der Waals surface area contributed by atoms with Gasteiger partial charge in [0.15, 0.2) is 0 Å². The quantitative estimate of drug-likeness (QED) is 0.891. The highest BCUT2D eigenvalue weighted by Gasteiger charge is 2.15. The lowest BCUT2D eigenvalue weighted by Crippen LogP contribution is -2.06. The van der Waals surface area contributed by atoms with Crippen LogP contribution in [0, 0.1) is 18.6 Å². The molecule has 100 valence electrons. The summed E-state index contributed by atoms with van der Waals surface area (Å²) in [7, 11) is 0. The number of rotatable bonds is 3. The molecule has 2 aromatic rings. The van der Waals surface area contributed by atoms with Crippen molar-refractivity contribution in [3.63, 3.8) is 0 Å². The van der Waals surface area contributed by atoms with Gasteiger partial charge in [0.25, 0.3) is 0 Å². The third kappa shape index (κ3) is 3.39. The van der Waals surface area contributed by atoms with Crippen molar-refractivity contribution in [3.05, 3.63) is 69.2 Å². The molecule has 2 aromatic carbocycles. The second-order valence-corrected chi connectivity index (χ2v) is 5.40. The smallest absolute Gasteiger partial charge is 0.129 e. The van der Waals surface area contributed by atoms with Crippen LogP contribution in [0.15, 0.2) is 40.9 Å². The van der Waals surface area contributed by atoms with E-state index in [2.05, 4.69) is 15.9 Å². The zero-order valence-electron chi connectivity index (χ0n) is 10.3. The molecule has 0 aliphatic rings. The van der Waals surface area contributed by atoms with Gasteiger partial charge < -0.3 is 5.11 Å². The second kappa shape index (κ2) is 5.80. The van der Waals surface area contributed by atoms with Gasteiger partial charge in [-0.3, -0.25) is 0 Å². The van der Waals surface area contributed by atoms with E-state index in [9.17, 15) is 13.9 Å². The van der Waals surface area contributed by atoms with Crippen LogP contribution in [-0.2, 0) is 6.42 Å². The molecule has 0 saturated carbocycles. The summed E-state index contributed by atoms with van der Waals surface area (Å²) in [6.07, 6.45) is -1.02. The normalized spacial score (nSPS) is 12.5. The van der Waals surface area contributed by atoms with Crippen LogP contribution >= 0.6 is 15.9 Å². The molecule has 0 aliphatic heterocycles. The topological polar surface area (TPSA) is 20.2 Å². The van der Waals surface area contributed by atoms with Gasteiger partial charge in [-0.25, -0.2) is 8.78 Å². The maximum atomic E-state index is 13.7. The summed E-state index contributed by atoms with van der Waals surface area (Å²) in [6, 6.07) is 9.12. The number of halogens is 3. The lowest BCUT2D eigenvalue weighted by Gasteiger charge is -2.13. The molecule has 0 aliphatic carbocycles. The van der Waals surface area contributed by atoms with E-state index in [0.29, 0.717) is 10.0 Å². The number of aliphatic hydroxyl groups is 1. The molecular weight excluding hydrogens is 314 g/mol. The first-order valence-electron chi connectivity index (χ1n) is 5.85. The summed E-state index contributed by atoms with van der Waals surface area (Å²) < 4.78 is 27.9. The molecular formula is C15H13BrF2O. The van der Waals surface area contributed by atoms with Crippen LogP contribution in [0.3, 0.4) is 0 Å². The van der Waals surface area contributed by atoms with Crippen LogP contribution in [0.25, 0.3) is 0 Å². The summed E-state index contributed by atoms with van der Waals surface area (Å²) in [4.78, 5) is 0. The van der Waals surface area contributed by atoms with Crippen molar-refractivity contribution < 1.29 is 13.9 Å². The Morgan fingerprint density at radius 2 is 1.84 bits per heavy atom. The Morgan fingerprint density at radius 1 is 1.11 bits per heavy atom. The number of hydrogen-bond donors (Lipinski definition) is 1. The van der Waals surface area contributed by atoms with Crippen molar-refractivity contribution in [3.8, 4) is 0 Å². The van der Waals surface area contributed by atoms with Gasteiger partial charge in [0.2, 0.25) is 0 Å². The Labute approximate surface area is 119 Å². The number of hydrogen-bond acceptors (Lipinski definition) is 1. The molecule has 0 spiro atoms. The first kappa shape index (κ1) is 14.2. The highest BCUT2D eigenvalue weighted by atomic mass is 79.9. The van der Waals surface area contributed by atoms with Crippen LogP contribution in [0.4, 0.5) is 8.78 Å². The average Bonchev–Trinajstić information content (AvgIpc) is 2.35. The van der Waals surface area contributed by atoms with Crippen LogP contribution < -0.4 is 0 Å². The monoisotopic (exact) mass is 326 g/mol. The summed E-state index contributed by atoms with van der Waals surface area (Å²) in [6.45, 7) is 1.82. The van der Waals surface area contributed by atoms with E-state index in [0.717, 1.165) is 5.56 Å². The minimum atomic E-state index is -1.06. The molecule has 1 unspecified atom stereocenters. The van der Waals surface area contributed by atoms with Crippen LogP contribution in [0.5, 0.6) is 0 Å². The van der Waals surface area contributed by atoms with E-state index in [-0.39, 0.29) is 12.0 Å². The van der Waals surface area contributed by atoms with E-state index >= 15 is 0 Å². The lowest BCUT2D eigenvalue weighted by molar-refractivity contribution is 0.172. The molecule has 1 nitrogen and oxygen atoms in total. The highest BCUT2D eigenvalue weighted by molar-refractivity contribution is 9.10. The Kier molecular flexibility index (Phi) is 4.32. The van der Waals surface area contributed by atoms with Gasteiger partial charge >= 0.3 is 0 Å². The van der Waals surface area contributed by atoms with Crippen molar-refractivity contribution >= 4 is 15.9 Å². The minimum absolute atomic E-state index is 0.0412. The largest absolute Gasteiger partial charge is 0.388 e. The Morgan fingerprint density at radius 3 is 2.53 bits per heavy atom. The fourth-order valence-corrected chi connectivity index (χ4v) is 2.26. The standard InChI is InChI=1S/C15H13BrF2O/c1-9-2-5-13(17)12(6-9)15(19)7-10-3-4-11(16)8-14(10)18/h2-6,8,15,19H,7H2,1H3. The zero-order chi connectivity index (χ0) is 14.0. The summed E-state index contributed by atoms with van der Waals surface area (Å²) in [5, 5.41) is 10.1. The number of benzene rings is 2. The van der Waals surface area contributed by atoms with E-state index < -0.39 is 17.7 Å². The maximum absolute atomic E-state index is 13.7. The first-order chi connectivity index (χ1) is 8.97. The van der Waals surface area contributed by atoms with Crippen molar-refractivity contribution in [1.82, 2.24) is 0 Å². The van der Waals surface area contributed by atoms with Gasteiger partial charge in [-0.15, -0.1) is 0 Å². The van der Waals surface area contributed by atoms with Gasteiger partial charge in [0.05, 0.1) is 6.10 Å². The van der Waals surface area contributed by atoms with E-state index in [1.807, 2.05) is 6.92 Å². The first-order valence-corrected chi connectivity index (χ1v) is 6.64. The Hall–Kier alpha value is -1.26. The molecule has 4 heteroatoms. The van der Waals surface area contributed by atoms with E-state index in [4.69, 9.17) is 0 Å². The fraction of sp³-hybridized carbons (Fsp3) is 0.200. The summed E-state index contributed by atoms with van der Waals surface area (Å²) in [5.74, 6) is -0.892.